The third kappa shape index (κ3) is 2.37. The van der Waals surface area contributed by atoms with Crippen molar-refractivity contribution in [2.75, 3.05) is 20.6 Å². The molecule has 0 unspecified atom stereocenters. The van der Waals surface area contributed by atoms with Gasteiger partial charge < -0.3 is 9.47 Å². The summed E-state index contributed by atoms with van der Waals surface area (Å²) in [7, 11) is 4.18. The Kier molecular flexibility index (Phi) is 3.05. The zero-order valence-electron chi connectivity index (χ0n) is 11.2. The zero-order chi connectivity index (χ0) is 13.2. The van der Waals surface area contributed by atoms with Crippen molar-refractivity contribution in [3.05, 3.63) is 43.1 Å². The van der Waals surface area contributed by atoms with E-state index < -0.39 is 0 Å². The predicted molar refractivity (Wildman–Crippen MR) is 75.4 cm³/mol. The summed E-state index contributed by atoms with van der Waals surface area (Å²) in [4.78, 5) is 2.19. The van der Waals surface area contributed by atoms with Crippen LogP contribution in [0.15, 0.2) is 43.1 Å². The smallest absolute Gasteiger partial charge is 0.123 e. The van der Waals surface area contributed by atoms with E-state index >= 15 is 0 Å². The minimum Gasteiger partial charge on any atom is -0.346 e. The van der Waals surface area contributed by atoms with E-state index in [-0.39, 0.29) is 0 Å². The van der Waals surface area contributed by atoms with Crippen molar-refractivity contribution in [2.24, 2.45) is 0 Å². The van der Waals surface area contributed by atoms with Crippen molar-refractivity contribution in [3.63, 3.8) is 0 Å². The highest BCUT2D eigenvalue weighted by molar-refractivity contribution is 5.82. The molecule has 3 rings (SSSR count). The molecular weight excluding hydrogens is 238 g/mol. The van der Waals surface area contributed by atoms with Gasteiger partial charge in [-0.15, -0.1) is 10.2 Å². The van der Waals surface area contributed by atoms with Crippen molar-refractivity contribution >= 4 is 10.9 Å². The van der Waals surface area contributed by atoms with Gasteiger partial charge in [-0.25, -0.2) is 0 Å². The van der Waals surface area contributed by atoms with E-state index in [0.717, 1.165) is 18.8 Å². The Morgan fingerprint density at radius 3 is 2.63 bits per heavy atom. The molecule has 0 aliphatic heterocycles. The largest absolute Gasteiger partial charge is 0.346 e. The third-order valence-electron chi connectivity index (χ3n) is 3.26. The molecular formula is C14H17N5. The van der Waals surface area contributed by atoms with Crippen LogP contribution in [0, 0.1) is 0 Å². The Balaban J connectivity index is 1.98. The summed E-state index contributed by atoms with van der Waals surface area (Å²) in [6.45, 7) is 2.02. The van der Waals surface area contributed by atoms with Crippen molar-refractivity contribution < 1.29 is 0 Å². The fourth-order valence-corrected chi connectivity index (χ4v) is 2.17. The molecule has 0 aliphatic rings. The molecule has 0 saturated heterocycles. The standard InChI is InChI=1S/C14H17N5/c1-17(2)7-8-18-6-5-12-3-4-13(9-14(12)18)19-10-15-16-11-19/h3-6,9-11H,7-8H2,1-2H3. The molecule has 98 valence electrons. The molecule has 0 saturated carbocycles. The number of fused-ring (bicyclic) bond motifs is 1. The van der Waals surface area contributed by atoms with Gasteiger partial charge in [-0.05, 0) is 37.7 Å². The van der Waals surface area contributed by atoms with E-state index in [1.54, 1.807) is 12.7 Å². The number of hydrogen-bond acceptors (Lipinski definition) is 3. The molecule has 1 aromatic carbocycles. The molecule has 0 aliphatic carbocycles. The van der Waals surface area contributed by atoms with Crippen LogP contribution in [-0.4, -0.2) is 44.9 Å². The highest BCUT2D eigenvalue weighted by atomic mass is 15.2. The number of nitrogens with zero attached hydrogens (tertiary/aromatic N) is 5. The highest BCUT2D eigenvalue weighted by Crippen LogP contribution is 2.19. The first-order valence-electron chi connectivity index (χ1n) is 6.33. The van der Waals surface area contributed by atoms with Crippen molar-refractivity contribution in [1.29, 1.82) is 0 Å². The highest BCUT2D eigenvalue weighted by Gasteiger charge is 2.04. The van der Waals surface area contributed by atoms with E-state index in [0.29, 0.717) is 0 Å². The maximum atomic E-state index is 3.85. The summed E-state index contributed by atoms with van der Waals surface area (Å²) >= 11 is 0. The molecule has 19 heavy (non-hydrogen) atoms. The molecule has 5 nitrogen and oxygen atoms in total. The predicted octanol–water partition coefficient (Wildman–Crippen LogP) is 1.78. The Bertz CT molecular complexity index is 666. The maximum absolute atomic E-state index is 3.85. The van der Waals surface area contributed by atoms with Gasteiger partial charge in [0.1, 0.15) is 12.7 Å². The Morgan fingerprint density at radius 2 is 1.89 bits per heavy atom. The maximum Gasteiger partial charge on any atom is 0.123 e. The van der Waals surface area contributed by atoms with E-state index in [4.69, 9.17) is 0 Å². The van der Waals surface area contributed by atoms with Crippen LogP contribution < -0.4 is 0 Å². The zero-order valence-corrected chi connectivity index (χ0v) is 11.2. The molecule has 0 N–H and O–H groups in total. The number of rotatable bonds is 4. The average Bonchev–Trinajstić information content (AvgIpc) is 3.05. The van der Waals surface area contributed by atoms with Crippen molar-refractivity contribution in [3.8, 4) is 5.69 Å². The van der Waals surface area contributed by atoms with Gasteiger partial charge in [0, 0.05) is 19.3 Å². The quantitative estimate of drug-likeness (QED) is 0.713. The van der Waals surface area contributed by atoms with Crippen LogP contribution in [0.2, 0.25) is 0 Å². The first kappa shape index (κ1) is 11.9. The topological polar surface area (TPSA) is 38.9 Å². The summed E-state index contributed by atoms with van der Waals surface area (Å²) in [6, 6.07) is 8.55. The molecule has 2 heterocycles. The molecule has 5 heteroatoms. The normalized spacial score (nSPS) is 11.5. The molecule has 0 amide bonds. The van der Waals surface area contributed by atoms with E-state index in [1.807, 2.05) is 4.57 Å². The van der Waals surface area contributed by atoms with Crippen molar-refractivity contribution in [1.82, 2.24) is 24.2 Å². The number of hydrogen-bond donors (Lipinski definition) is 0. The Labute approximate surface area is 112 Å². The van der Waals surface area contributed by atoms with Crippen LogP contribution >= 0.6 is 0 Å². The fourth-order valence-electron chi connectivity index (χ4n) is 2.17. The fraction of sp³-hybridized carbons (Fsp3) is 0.286. The SMILES string of the molecule is CN(C)CCn1ccc2ccc(-n3cnnc3)cc21. The monoisotopic (exact) mass is 255 g/mol. The van der Waals surface area contributed by atoms with Gasteiger partial charge in [0.15, 0.2) is 0 Å². The first-order valence-corrected chi connectivity index (χ1v) is 6.33. The minimum absolute atomic E-state index is 0.988. The van der Waals surface area contributed by atoms with Crippen LogP contribution in [0.1, 0.15) is 0 Å². The molecule has 0 spiro atoms. The summed E-state index contributed by atoms with van der Waals surface area (Å²) < 4.78 is 4.20. The molecule has 0 bridgehead atoms. The lowest BCUT2D eigenvalue weighted by Crippen LogP contribution is -2.17. The molecule has 2 aromatic heterocycles. The first-order chi connectivity index (χ1) is 9.24. The summed E-state index contributed by atoms with van der Waals surface area (Å²) in [5.74, 6) is 0. The van der Waals surface area contributed by atoms with Gasteiger partial charge in [0.2, 0.25) is 0 Å². The lowest BCUT2D eigenvalue weighted by atomic mass is 10.2. The van der Waals surface area contributed by atoms with E-state index in [2.05, 4.69) is 64.2 Å². The second kappa shape index (κ2) is 4.85. The van der Waals surface area contributed by atoms with Gasteiger partial charge in [-0.3, -0.25) is 4.57 Å². The molecule has 0 fully saturated rings. The van der Waals surface area contributed by atoms with Crippen LogP contribution in [0.4, 0.5) is 0 Å². The van der Waals surface area contributed by atoms with Gasteiger partial charge in [0.05, 0.1) is 11.2 Å². The number of aromatic nitrogens is 4. The molecule has 0 atom stereocenters. The van der Waals surface area contributed by atoms with Crippen molar-refractivity contribution in [2.45, 2.75) is 6.54 Å². The number of benzene rings is 1. The Hall–Kier alpha value is -2.14. The lowest BCUT2D eigenvalue weighted by molar-refractivity contribution is 0.387. The van der Waals surface area contributed by atoms with Gasteiger partial charge in [-0.1, -0.05) is 6.07 Å². The third-order valence-corrected chi connectivity index (χ3v) is 3.26. The van der Waals surface area contributed by atoms with Gasteiger partial charge >= 0.3 is 0 Å². The average molecular weight is 255 g/mol. The summed E-state index contributed by atoms with van der Waals surface area (Å²) in [5.41, 5.74) is 2.33. The van der Waals surface area contributed by atoms with E-state index in [9.17, 15) is 0 Å². The molecule has 3 aromatic rings. The molecule has 0 radical (unpaired) electrons. The lowest BCUT2D eigenvalue weighted by Gasteiger charge is -2.11. The second-order valence-electron chi connectivity index (χ2n) is 4.92. The van der Waals surface area contributed by atoms with Crippen LogP contribution in [0.5, 0.6) is 0 Å². The summed E-state index contributed by atoms with van der Waals surface area (Å²) in [6.07, 6.45) is 5.58. The second-order valence-corrected chi connectivity index (χ2v) is 4.92. The van der Waals surface area contributed by atoms with Gasteiger partial charge in [0.25, 0.3) is 0 Å². The van der Waals surface area contributed by atoms with Crippen LogP contribution in [0.25, 0.3) is 16.6 Å². The Morgan fingerprint density at radius 1 is 1.11 bits per heavy atom. The van der Waals surface area contributed by atoms with Crippen LogP contribution in [-0.2, 0) is 6.54 Å². The van der Waals surface area contributed by atoms with Gasteiger partial charge in [-0.2, -0.15) is 0 Å². The van der Waals surface area contributed by atoms with Crippen LogP contribution in [0.3, 0.4) is 0 Å². The summed E-state index contributed by atoms with van der Waals surface area (Å²) in [5, 5.41) is 8.96. The minimum atomic E-state index is 0.988. The van der Waals surface area contributed by atoms with E-state index in [1.165, 1.54) is 10.9 Å². The number of likely N-dealkylation sites (N-methyl/N-ethyl adjacent to an activating group) is 1.